The average Bonchev–Trinajstić information content (AvgIpc) is 1.80. The maximum absolute atomic E-state index is 11.6. The number of halogens is 2. The van der Waals surface area contributed by atoms with Gasteiger partial charge < -0.3 is 0 Å². The van der Waals surface area contributed by atoms with Crippen molar-refractivity contribution in [1.82, 2.24) is 0 Å². The molecule has 0 aliphatic carbocycles. The quantitative estimate of drug-likeness (QED) is 0.578. The second-order valence-electron chi connectivity index (χ2n) is 4.00. The van der Waals surface area contributed by atoms with Gasteiger partial charge in [-0.25, -0.2) is 0 Å². The van der Waals surface area contributed by atoms with E-state index in [4.69, 9.17) is 0 Å². The fourth-order valence-corrected chi connectivity index (χ4v) is 0.619. The van der Waals surface area contributed by atoms with Crippen molar-refractivity contribution in [3.63, 3.8) is 0 Å². The Morgan fingerprint density at radius 3 is 2.09 bits per heavy atom. The van der Waals surface area contributed by atoms with Gasteiger partial charge in [-0.15, -0.1) is 0 Å². The van der Waals surface area contributed by atoms with Gasteiger partial charge in [0.25, 0.3) is 6.08 Å². The molecule has 0 rings (SSSR count). The van der Waals surface area contributed by atoms with Crippen molar-refractivity contribution in [2.75, 3.05) is 0 Å². The van der Waals surface area contributed by atoms with E-state index >= 15 is 0 Å². The monoisotopic (exact) mass is 162 g/mol. The minimum atomic E-state index is -1.57. The number of allylic oxidation sites excluding steroid dienone is 1. The van der Waals surface area contributed by atoms with Crippen molar-refractivity contribution in [2.24, 2.45) is 11.3 Å². The van der Waals surface area contributed by atoms with Crippen LogP contribution in [-0.4, -0.2) is 0 Å². The molecule has 0 fully saturated rings. The normalized spacial score (nSPS) is 14.4. The first-order chi connectivity index (χ1) is 4.84. The summed E-state index contributed by atoms with van der Waals surface area (Å²) in [6.07, 6.45) is -0.108. The molecule has 0 bridgehead atoms. The van der Waals surface area contributed by atoms with E-state index in [0.717, 1.165) is 6.08 Å². The van der Waals surface area contributed by atoms with Crippen LogP contribution in [0.25, 0.3) is 0 Å². The first kappa shape index (κ1) is 10.6. The summed E-state index contributed by atoms with van der Waals surface area (Å²) >= 11 is 0. The van der Waals surface area contributed by atoms with Crippen molar-refractivity contribution in [3.8, 4) is 0 Å². The highest BCUT2D eigenvalue weighted by atomic mass is 19.3. The molecule has 0 aromatic heterocycles. The largest absolute Gasteiger partial charge is 0.266 e. The number of hydrogen-bond donors (Lipinski definition) is 0. The van der Waals surface area contributed by atoms with Crippen molar-refractivity contribution in [2.45, 2.75) is 34.1 Å². The molecule has 0 saturated heterocycles. The van der Waals surface area contributed by atoms with Crippen molar-refractivity contribution in [3.05, 3.63) is 12.2 Å². The molecular weight excluding hydrogens is 146 g/mol. The average molecular weight is 162 g/mol. The Hall–Kier alpha value is -0.400. The van der Waals surface area contributed by atoms with Gasteiger partial charge in [-0.1, -0.05) is 27.7 Å². The van der Waals surface area contributed by atoms with Crippen LogP contribution in [0, 0.1) is 11.3 Å². The van der Waals surface area contributed by atoms with Crippen LogP contribution < -0.4 is 0 Å². The smallest absolute Gasteiger partial charge is 0.174 e. The topological polar surface area (TPSA) is 0 Å². The molecule has 0 aliphatic rings. The molecule has 2 heteroatoms. The highest BCUT2D eigenvalue weighted by Crippen LogP contribution is 2.28. The summed E-state index contributed by atoms with van der Waals surface area (Å²) in [7, 11) is 0. The van der Waals surface area contributed by atoms with Gasteiger partial charge in [0, 0.05) is 0 Å². The van der Waals surface area contributed by atoms with Crippen LogP contribution in [0.1, 0.15) is 34.1 Å². The molecule has 0 saturated carbocycles. The van der Waals surface area contributed by atoms with E-state index < -0.39 is 6.08 Å². The summed E-state index contributed by atoms with van der Waals surface area (Å²) in [4.78, 5) is 0. The third kappa shape index (κ3) is 4.93. The second kappa shape index (κ2) is 3.84. The third-order valence-corrected chi connectivity index (χ3v) is 2.10. The zero-order valence-corrected chi connectivity index (χ0v) is 7.62. The van der Waals surface area contributed by atoms with E-state index in [0.29, 0.717) is 12.3 Å². The zero-order chi connectivity index (χ0) is 9.07. The van der Waals surface area contributed by atoms with Crippen LogP contribution in [0.15, 0.2) is 12.2 Å². The minimum absolute atomic E-state index is 0.117. The molecule has 66 valence electrons. The van der Waals surface area contributed by atoms with Crippen molar-refractivity contribution in [1.29, 1.82) is 0 Å². The Morgan fingerprint density at radius 1 is 1.36 bits per heavy atom. The molecule has 0 N–H and O–H groups in total. The van der Waals surface area contributed by atoms with E-state index in [1.807, 2.05) is 6.92 Å². The van der Waals surface area contributed by atoms with E-state index in [1.54, 1.807) is 0 Å². The summed E-state index contributed by atoms with van der Waals surface area (Å²) in [6.45, 7) is 8.16. The van der Waals surface area contributed by atoms with Crippen molar-refractivity contribution < 1.29 is 8.78 Å². The van der Waals surface area contributed by atoms with Gasteiger partial charge >= 0.3 is 0 Å². The Bertz CT molecular complexity index is 138. The highest BCUT2D eigenvalue weighted by Gasteiger charge is 2.18. The molecule has 0 aromatic carbocycles. The zero-order valence-electron chi connectivity index (χ0n) is 7.62. The van der Waals surface area contributed by atoms with Crippen LogP contribution >= 0.6 is 0 Å². The maximum atomic E-state index is 11.6. The fourth-order valence-electron chi connectivity index (χ4n) is 0.619. The van der Waals surface area contributed by atoms with Gasteiger partial charge in [0.2, 0.25) is 0 Å². The lowest BCUT2D eigenvalue weighted by atomic mass is 9.80. The number of rotatable bonds is 2. The highest BCUT2D eigenvalue weighted by molar-refractivity contribution is 4.85. The predicted octanol–water partition coefficient (Wildman–Crippen LogP) is 3.84. The molecule has 0 radical (unpaired) electrons. The molecular formula is C9H16F2. The summed E-state index contributed by atoms with van der Waals surface area (Å²) in [5, 5.41) is 0. The standard InChI is InChI=1S/C9H16F2/c1-7(9(2,3)4)5-6-8(10)11/h6-7H,5H2,1-4H3. The van der Waals surface area contributed by atoms with Crippen LogP contribution in [-0.2, 0) is 0 Å². The molecule has 0 spiro atoms. The summed E-state index contributed by atoms with van der Waals surface area (Å²) in [5.74, 6) is 0.295. The summed E-state index contributed by atoms with van der Waals surface area (Å²) in [6, 6.07) is 0. The molecule has 0 aliphatic heterocycles. The van der Waals surface area contributed by atoms with E-state index in [-0.39, 0.29) is 5.41 Å². The fraction of sp³-hybridized carbons (Fsp3) is 0.778. The Morgan fingerprint density at radius 2 is 1.82 bits per heavy atom. The lowest BCUT2D eigenvalue weighted by Gasteiger charge is -2.25. The molecule has 0 nitrogen and oxygen atoms in total. The summed E-state index contributed by atoms with van der Waals surface area (Å²) < 4.78 is 23.3. The van der Waals surface area contributed by atoms with Crippen LogP contribution in [0.4, 0.5) is 8.78 Å². The van der Waals surface area contributed by atoms with E-state index in [1.165, 1.54) is 0 Å². The van der Waals surface area contributed by atoms with Gasteiger partial charge in [0.15, 0.2) is 0 Å². The molecule has 11 heavy (non-hydrogen) atoms. The molecule has 1 unspecified atom stereocenters. The number of hydrogen-bond acceptors (Lipinski definition) is 0. The van der Waals surface area contributed by atoms with Gasteiger partial charge in [-0.2, -0.15) is 8.78 Å². The van der Waals surface area contributed by atoms with Gasteiger partial charge in [0.1, 0.15) is 0 Å². The Labute approximate surface area is 67.3 Å². The van der Waals surface area contributed by atoms with Crippen LogP contribution in [0.2, 0.25) is 0 Å². The molecule has 0 aromatic rings. The van der Waals surface area contributed by atoms with Gasteiger partial charge in [-0.05, 0) is 23.8 Å². The Balaban J connectivity index is 3.89. The molecule has 0 heterocycles. The van der Waals surface area contributed by atoms with E-state index in [2.05, 4.69) is 20.8 Å². The first-order valence-corrected chi connectivity index (χ1v) is 3.85. The second-order valence-corrected chi connectivity index (χ2v) is 4.00. The Kier molecular flexibility index (Phi) is 3.70. The van der Waals surface area contributed by atoms with Crippen LogP contribution in [0.5, 0.6) is 0 Å². The summed E-state index contributed by atoms with van der Waals surface area (Å²) in [5.41, 5.74) is 0.117. The third-order valence-electron chi connectivity index (χ3n) is 2.10. The predicted molar refractivity (Wildman–Crippen MR) is 43.5 cm³/mol. The lowest BCUT2D eigenvalue weighted by molar-refractivity contribution is 0.260. The van der Waals surface area contributed by atoms with Gasteiger partial charge in [0.05, 0.1) is 0 Å². The molecule has 0 amide bonds. The van der Waals surface area contributed by atoms with E-state index in [9.17, 15) is 8.78 Å². The van der Waals surface area contributed by atoms with Crippen molar-refractivity contribution >= 4 is 0 Å². The van der Waals surface area contributed by atoms with Gasteiger partial charge in [-0.3, -0.25) is 0 Å². The van der Waals surface area contributed by atoms with Crippen LogP contribution in [0.3, 0.4) is 0 Å². The first-order valence-electron chi connectivity index (χ1n) is 3.85. The molecule has 1 atom stereocenters. The lowest BCUT2D eigenvalue weighted by Crippen LogP contribution is -2.16. The maximum Gasteiger partial charge on any atom is 0.266 e. The SMILES string of the molecule is CC(CC=C(F)F)C(C)(C)C. The minimum Gasteiger partial charge on any atom is -0.174 e.